The largest absolute Gasteiger partial charge is 0.573 e. The number of carbonyl (C=O) groups is 1. The Balaban J connectivity index is 1.89. The van der Waals surface area contributed by atoms with Crippen LogP contribution in [0.15, 0.2) is 71.7 Å². The Bertz CT molecular complexity index is 1160. The molecule has 8 heteroatoms. The van der Waals surface area contributed by atoms with Crippen molar-refractivity contribution in [2.75, 3.05) is 0 Å². The summed E-state index contributed by atoms with van der Waals surface area (Å²) in [6.45, 7) is 0. The number of alkyl halides is 3. The van der Waals surface area contributed by atoms with Crippen LogP contribution in [0.1, 0.15) is 32.6 Å². The molecule has 0 fully saturated rings. The van der Waals surface area contributed by atoms with Gasteiger partial charge >= 0.3 is 6.36 Å². The molecule has 5 nitrogen and oxygen atoms in total. The summed E-state index contributed by atoms with van der Waals surface area (Å²) in [7, 11) is 0. The summed E-state index contributed by atoms with van der Waals surface area (Å²) in [6.07, 6.45) is -3.97. The minimum atomic E-state index is -4.81. The number of para-hydroxylation sites is 1. The van der Waals surface area contributed by atoms with Gasteiger partial charge in [0.2, 0.25) is 0 Å². The molecule has 0 aromatic heterocycles. The molecule has 1 aliphatic rings. The molecule has 0 atom stereocenters. The van der Waals surface area contributed by atoms with Crippen molar-refractivity contribution in [3.05, 3.63) is 94.5 Å². The highest BCUT2D eigenvalue weighted by molar-refractivity contribution is 6.15. The zero-order valence-corrected chi connectivity index (χ0v) is 16.1. The fourth-order valence-electron chi connectivity index (χ4n) is 3.60. The molecule has 0 spiro atoms. The second kappa shape index (κ2) is 8.23. The van der Waals surface area contributed by atoms with Crippen molar-refractivity contribution in [3.8, 4) is 5.75 Å². The van der Waals surface area contributed by atoms with Crippen LogP contribution >= 0.6 is 0 Å². The quantitative estimate of drug-likeness (QED) is 0.459. The van der Waals surface area contributed by atoms with E-state index >= 15 is 0 Å². The third-order valence-electron chi connectivity index (χ3n) is 5.00. The van der Waals surface area contributed by atoms with Crippen molar-refractivity contribution in [1.29, 1.82) is 0 Å². The number of hydroxylamine groups is 1. The molecule has 0 aliphatic carbocycles. The maximum atomic E-state index is 13.0. The molecule has 0 unspecified atom stereocenters. The van der Waals surface area contributed by atoms with Crippen LogP contribution in [0.4, 0.5) is 18.9 Å². The van der Waals surface area contributed by atoms with Crippen molar-refractivity contribution in [3.63, 3.8) is 0 Å². The average Bonchev–Trinajstić information content (AvgIpc) is 2.74. The van der Waals surface area contributed by atoms with Gasteiger partial charge < -0.3 is 4.74 Å². The molecule has 31 heavy (non-hydrogen) atoms. The normalized spacial score (nSPS) is 14.9. The predicted molar refractivity (Wildman–Crippen MR) is 108 cm³/mol. The molecule has 0 bridgehead atoms. The number of hydrogen-bond donors (Lipinski definition) is 2. The van der Waals surface area contributed by atoms with E-state index in [-0.39, 0.29) is 11.3 Å². The van der Waals surface area contributed by atoms with E-state index in [1.54, 1.807) is 23.7 Å². The van der Waals surface area contributed by atoms with Gasteiger partial charge in [0, 0.05) is 22.3 Å². The Kier molecular flexibility index (Phi) is 5.48. The molecule has 0 saturated carbocycles. The molecule has 1 aliphatic heterocycles. The van der Waals surface area contributed by atoms with Crippen LogP contribution in [0.25, 0.3) is 0 Å². The van der Waals surface area contributed by atoms with Gasteiger partial charge in [-0.25, -0.2) is 10.5 Å². The molecule has 158 valence electrons. The third-order valence-corrected chi connectivity index (χ3v) is 5.00. The lowest BCUT2D eigenvalue weighted by molar-refractivity contribution is -0.274. The minimum absolute atomic E-state index is 0.229. The van der Waals surface area contributed by atoms with Crippen LogP contribution in [0.5, 0.6) is 5.75 Å². The van der Waals surface area contributed by atoms with Crippen LogP contribution in [-0.2, 0) is 12.8 Å². The Hall–Kier alpha value is -3.65. The highest BCUT2D eigenvalue weighted by Crippen LogP contribution is 2.35. The molecule has 1 heterocycles. The number of carbonyl (C=O) groups excluding carboxylic acids is 1. The maximum Gasteiger partial charge on any atom is 0.573 e. The first kappa shape index (κ1) is 20.6. The Morgan fingerprint density at radius 1 is 0.968 bits per heavy atom. The molecule has 2 N–H and O–H groups in total. The highest BCUT2D eigenvalue weighted by atomic mass is 19.4. The van der Waals surface area contributed by atoms with Gasteiger partial charge in [0.1, 0.15) is 5.75 Å². The first-order valence-corrected chi connectivity index (χ1v) is 9.45. The summed E-state index contributed by atoms with van der Waals surface area (Å²) in [5, 5.41) is 8.81. The predicted octanol–water partition coefficient (Wildman–Crippen LogP) is 4.97. The van der Waals surface area contributed by atoms with Crippen molar-refractivity contribution < 1.29 is 27.9 Å². The Morgan fingerprint density at radius 2 is 1.71 bits per heavy atom. The molecular formula is C23H17F3N2O3. The second-order valence-corrected chi connectivity index (χ2v) is 6.94. The van der Waals surface area contributed by atoms with E-state index in [1.807, 2.05) is 24.3 Å². The summed E-state index contributed by atoms with van der Waals surface area (Å²) in [6, 6.07) is 18.2. The number of ether oxygens (including phenoxy) is 1. The van der Waals surface area contributed by atoms with E-state index in [9.17, 15) is 18.0 Å². The van der Waals surface area contributed by atoms with Crippen LogP contribution in [0.3, 0.4) is 0 Å². The van der Waals surface area contributed by atoms with Crippen LogP contribution in [-0.4, -0.2) is 23.2 Å². The fourth-order valence-corrected chi connectivity index (χ4v) is 3.60. The van der Waals surface area contributed by atoms with Crippen molar-refractivity contribution in [2.24, 2.45) is 4.99 Å². The van der Waals surface area contributed by atoms with E-state index in [4.69, 9.17) is 10.2 Å². The zero-order valence-electron chi connectivity index (χ0n) is 16.1. The van der Waals surface area contributed by atoms with E-state index < -0.39 is 12.3 Å². The van der Waals surface area contributed by atoms with Crippen LogP contribution in [0, 0.1) is 0 Å². The number of rotatable bonds is 3. The lowest BCUT2D eigenvalue weighted by atomic mass is 9.90. The summed E-state index contributed by atoms with van der Waals surface area (Å²) in [5.41, 5.74) is 5.43. The van der Waals surface area contributed by atoms with Crippen molar-refractivity contribution in [2.45, 2.75) is 19.2 Å². The zero-order chi connectivity index (χ0) is 22.0. The molecule has 4 rings (SSSR count). The number of hydrogen-bond acceptors (Lipinski definition) is 4. The maximum absolute atomic E-state index is 13.0. The van der Waals surface area contributed by atoms with Gasteiger partial charge in [-0.05, 0) is 42.7 Å². The van der Waals surface area contributed by atoms with E-state index in [0.717, 1.165) is 11.3 Å². The van der Waals surface area contributed by atoms with E-state index in [0.29, 0.717) is 35.2 Å². The second-order valence-electron chi connectivity index (χ2n) is 6.94. The third kappa shape index (κ3) is 4.44. The summed E-state index contributed by atoms with van der Waals surface area (Å²) >= 11 is 0. The number of nitrogens with zero attached hydrogens (tertiary/aromatic N) is 1. The van der Waals surface area contributed by atoms with Gasteiger partial charge in [-0.2, -0.15) is 0 Å². The lowest BCUT2D eigenvalue weighted by Crippen LogP contribution is -2.20. The highest BCUT2D eigenvalue weighted by Gasteiger charge is 2.33. The average molecular weight is 426 g/mol. The minimum Gasteiger partial charge on any atom is -0.405 e. The number of aliphatic imine (C=N–C) groups is 1. The van der Waals surface area contributed by atoms with Gasteiger partial charge in [-0.1, -0.05) is 42.5 Å². The standard InChI is InChI=1S/C23H17F3N2O3/c24-23(25,26)31-20-7-3-5-18-17(20)13-12-14-4-1-2-6-19(14)27-21(18)15-8-10-16(11-9-15)22(29)28-30/h1-11,30H,12-13H2,(H,28,29)/b27-21-. The number of amides is 1. The number of halogens is 3. The van der Waals surface area contributed by atoms with E-state index in [2.05, 4.69) is 4.74 Å². The van der Waals surface area contributed by atoms with Gasteiger partial charge in [0.05, 0.1) is 11.4 Å². The van der Waals surface area contributed by atoms with Crippen molar-refractivity contribution >= 4 is 17.3 Å². The smallest absolute Gasteiger partial charge is 0.405 e. The molecule has 0 radical (unpaired) electrons. The number of aryl methyl sites for hydroxylation is 1. The van der Waals surface area contributed by atoms with Crippen molar-refractivity contribution in [1.82, 2.24) is 5.48 Å². The summed E-state index contributed by atoms with van der Waals surface area (Å²) < 4.78 is 43.3. The molecule has 3 aromatic carbocycles. The topological polar surface area (TPSA) is 70.9 Å². The Morgan fingerprint density at radius 3 is 2.42 bits per heavy atom. The molecular weight excluding hydrogens is 409 g/mol. The SMILES string of the molecule is O=C(NO)c1ccc(/C2=N/c3ccccc3CCc3c(OC(F)(F)F)cccc32)cc1. The van der Waals surface area contributed by atoms with Gasteiger partial charge in [-0.15, -0.1) is 13.2 Å². The van der Waals surface area contributed by atoms with E-state index in [1.165, 1.54) is 24.3 Å². The number of nitrogens with one attached hydrogen (secondary N) is 1. The van der Waals surface area contributed by atoms with Crippen LogP contribution < -0.4 is 10.2 Å². The molecule has 1 amide bonds. The van der Waals surface area contributed by atoms with Gasteiger partial charge in [0.25, 0.3) is 5.91 Å². The molecule has 3 aromatic rings. The summed E-state index contributed by atoms with van der Waals surface area (Å²) in [4.78, 5) is 16.4. The first-order valence-electron chi connectivity index (χ1n) is 9.45. The number of benzene rings is 3. The van der Waals surface area contributed by atoms with Crippen LogP contribution in [0.2, 0.25) is 0 Å². The van der Waals surface area contributed by atoms with Gasteiger partial charge in [-0.3, -0.25) is 10.0 Å². The monoisotopic (exact) mass is 426 g/mol. The summed E-state index contributed by atoms with van der Waals surface area (Å²) in [5.74, 6) is -0.925. The van der Waals surface area contributed by atoms with Gasteiger partial charge in [0.15, 0.2) is 0 Å². The Labute approximate surface area is 175 Å². The fraction of sp³-hybridized carbons (Fsp3) is 0.130. The molecule has 0 saturated heterocycles. The number of fused-ring (bicyclic) bond motifs is 2. The first-order chi connectivity index (χ1) is 14.9. The lowest BCUT2D eigenvalue weighted by Gasteiger charge is -2.21.